The van der Waals surface area contributed by atoms with Gasteiger partial charge in [-0.3, -0.25) is 0 Å². The minimum absolute atomic E-state index is 0.159. The van der Waals surface area contributed by atoms with Crippen LogP contribution in [0.15, 0.2) is 24.3 Å². The summed E-state index contributed by atoms with van der Waals surface area (Å²) < 4.78 is 11.0. The van der Waals surface area contributed by atoms with Gasteiger partial charge in [-0.05, 0) is 18.6 Å². The summed E-state index contributed by atoms with van der Waals surface area (Å²) in [6.45, 7) is 3.43. The van der Waals surface area contributed by atoms with Crippen molar-refractivity contribution in [2.24, 2.45) is 0 Å². The van der Waals surface area contributed by atoms with Crippen LogP contribution >= 0.6 is 0 Å². The fourth-order valence-electron chi connectivity index (χ4n) is 3.79. The van der Waals surface area contributed by atoms with Crippen LogP contribution in [0.4, 0.5) is 0 Å². The molecule has 0 fully saturated rings. The topological polar surface area (TPSA) is 58.9 Å². The van der Waals surface area contributed by atoms with Crippen molar-refractivity contribution in [1.82, 2.24) is 0 Å². The molecule has 0 radical (unpaired) electrons. The lowest BCUT2D eigenvalue weighted by atomic mass is 10.0. The number of phenols is 1. The van der Waals surface area contributed by atoms with Crippen LogP contribution in [0.2, 0.25) is 0 Å². The molecule has 180 valence electrons. The van der Waals surface area contributed by atoms with Crippen LogP contribution in [0.25, 0.3) is 0 Å². The van der Waals surface area contributed by atoms with Gasteiger partial charge in [-0.15, -0.1) is 0 Å². The van der Waals surface area contributed by atoms with E-state index in [1.54, 1.807) is 18.2 Å². The zero-order valence-electron chi connectivity index (χ0n) is 20.0. The lowest BCUT2D eigenvalue weighted by Crippen LogP contribution is -2.23. The zero-order valence-corrected chi connectivity index (χ0v) is 20.0. The van der Waals surface area contributed by atoms with Gasteiger partial charge in [-0.25, -0.2) is 0 Å². The van der Waals surface area contributed by atoms with Crippen molar-refractivity contribution < 1.29 is 19.7 Å². The second-order valence-electron chi connectivity index (χ2n) is 8.84. The molecular weight excluding hydrogens is 388 g/mol. The Kier molecular flexibility index (Phi) is 18.5. The maximum absolute atomic E-state index is 9.90. The number of aromatic hydroxyl groups is 1. The molecule has 0 spiro atoms. The quantitative estimate of drug-likeness (QED) is 0.186. The molecule has 1 aromatic rings. The Morgan fingerprint density at radius 3 is 1.74 bits per heavy atom. The molecule has 0 aromatic heterocycles. The van der Waals surface area contributed by atoms with Crippen molar-refractivity contribution in [2.75, 3.05) is 19.8 Å². The summed E-state index contributed by atoms with van der Waals surface area (Å²) in [5.41, 5.74) is 0. The number of ether oxygens (including phenoxy) is 2. The van der Waals surface area contributed by atoms with Crippen LogP contribution in [0.5, 0.6) is 11.5 Å². The maximum atomic E-state index is 9.90. The summed E-state index contributed by atoms with van der Waals surface area (Å²) in [6.07, 6.45) is 21.2. The monoisotopic (exact) mass is 436 g/mol. The first-order chi connectivity index (χ1) is 15.2. The minimum Gasteiger partial charge on any atom is -0.508 e. The van der Waals surface area contributed by atoms with Gasteiger partial charge in [-0.2, -0.15) is 0 Å². The third-order valence-corrected chi connectivity index (χ3v) is 5.71. The van der Waals surface area contributed by atoms with Crippen molar-refractivity contribution >= 4 is 0 Å². The molecule has 0 saturated heterocycles. The van der Waals surface area contributed by atoms with Crippen molar-refractivity contribution in [2.45, 2.75) is 116 Å². The Hall–Kier alpha value is -1.26. The normalized spacial score (nSPS) is 12.2. The molecule has 1 atom stereocenters. The fourth-order valence-corrected chi connectivity index (χ4v) is 3.79. The number of phenolic OH excluding ortho intramolecular Hbond substituents is 1. The number of benzene rings is 1. The van der Waals surface area contributed by atoms with E-state index in [2.05, 4.69) is 6.92 Å². The number of aliphatic hydroxyl groups excluding tert-OH is 1. The standard InChI is InChI=1S/C27H48O4/c1-2-3-4-5-6-7-8-9-10-11-12-13-14-15-16-17-21-30-23-26(29)24-31-27-20-18-19-25(28)22-27/h18-20,22,26,28-29H,2-17,21,23-24H2,1H3. The average Bonchev–Trinajstić information content (AvgIpc) is 2.77. The Bertz CT molecular complexity index is 506. The number of unbranched alkanes of at least 4 members (excludes halogenated alkanes) is 15. The first kappa shape index (κ1) is 27.8. The van der Waals surface area contributed by atoms with Gasteiger partial charge in [0.15, 0.2) is 0 Å². The molecule has 1 unspecified atom stereocenters. The Morgan fingerprint density at radius 1 is 0.710 bits per heavy atom. The van der Waals surface area contributed by atoms with Crippen LogP contribution < -0.4 is 4.74 Å². The fraction of sp³-hybridized carbons (Fsp3) is 0.778. The van der Waals surface area contributed by atoms with Gasteiger partial charge in [0.25, 0.3) is 0 Å². The SMILES string of the molecule is CCCCCCCCCCCCCCCCCCOCC(O)COc1cccc(O)c1. The first-order valence-corrected chi connectivity index (χ1v) is 12.9. The van der Waals surface area contributed by atoms with E-state index in [4.69, 9.17) is 9.47 Å². The molecule has 0 bridgehead atoms. The van der Waals surface area contributed by atoms with Gasteiger partial charge in [0.05, 0.1) is 6.61 Å². The number of aliphatic hydroxyl groups is 1. The van der Waals surface area contributed by atoms with E-state index in [9.17, 15) is 10.2 Å². The maximum Gasteiger partial charge on any atom is 0.123 e. The summed E-state index contributed by atoms with van der Waals surface area (Å²) in [5, 5.41) is 19.3. The Morgan fingerprint density at radius 2 is 1.23 bits per heavy atom. The van der Waals surface area contributed by atoms with E-state index in [0.29, 0.717) is 12.4 Å². The van der Waals surface area contributed by atoms with E-state index >= 15 is 0 Å². The predicted molar refractivity (Wildman–Crippen MR) is 130 cm³/mol. The summed E-state index contributed by atoms with van der Waals surface area (Å²) in [6, 6.07) is 6.59. The van der Waals surface area contributed by atoms with Gasteiger partial charge >= 0.3 is 0 Å². The Balaban J connectivity index is 1.76. The summed E-state index contributed by atoms with van der Waals surface area (Å²) in [7, 11) is 0. The predicted octanol–water partition coefficient (Wildman–Crippen LogP) is 7.41. The molecule has 1 rings (SSSR count). The average molecular weight is 437 g/mol. The molecular formula is C27H48O4. The highest BCUT2D eigenvalue weighted by molar-refractivity contribution is 5.31. The molecule has 4 nitrogen and oxygen atoms in total. The van der Waals surface area contributed by atoms with E-state index in [1.165, 1.54) is 102 Å². The number of hydrogen-bond donors (Lipinski definition) is 2. The van der Waals surface area contributed by atoms with Gasteiger partial charge < -0.3 is 19.7 Å². The molecule has 31 heavy (non-hydrogen) atoms. The minimum atomic E-state index is -0.650. The largest absolute Gasteiger partial charge is 0.508 e. The number of hydrogen-bond acceptors (Lipinski definition) is 4. The molecule has 1 aromatic carbocycles. The highest BCUT2D eigenvalue weighted by atomic mass is 16.5. The highest BCUT2D eigenvalue weighted by Gasteiger charge is 2.06. The van der Waals surface area contributed by atoms with E-state index < -0.39 is 6.10 Å². The second-order valence-corrected chi connectivity index (χ2v) is 8.84. The van der Waals surface area contributed by atoms with Gasteiger partial charge in [0.2, 0.25) is 0 Å². The van der Waals surface area contributed by atoms with Crippen LogP contribution in [0.1, 0.15) is 110 Å². The molecule has 2 N–H and O–H groups in total. The van der Waals surface area contributed by atoms with Crippen LogP contribution in [-0.2, 0) is 4.74 Å². The molecule has 0 aliphatic carbocycles. The van der Waals surface area contributed by atoms with Crippen molar-refractivity contribution in [1.29, 1.82) is 0 Å². The highest BCUT2D eigenvalue weighted by Crippen LogP contribution is 2.18. The van der Waals surface area contributed by atoms with Crippen molar-refractivity contribution in [3.8, 4) is 11.5 Å². The van der Waals surface area contributed by atoms with Crippen LogP contribution in [-0.4, -0.2) is 36.1 Å². The summed E-state index contributed by atoms with van der Waals surface area (Å²) >= 11 is 0. The van der Waals surface area contributed by atoms with Crippen molar-refractivity contribution in [3.05, 3.63) is 24.3 Å². The third kappa shape index (κ3) is 18.1. The van der Waals surface area contributed by atoms with Crippen LogP contribution in [0, 0.1) is 0 Å². The molecule has 0 heterocycles. The van der Waals surface area contributed by atoms with E-state index in [-0.39, 0.29) is 19.0 Å². The summed E-state index contributed by atoms with van der Waals surface area (Å²) in [5.74, 6) is 0.712. The molecule has 0 aliphatic rings. The molecule has 0 aliphatic heterocycles. The van der Waals surface area contributed by atoms with Gasteiger partial charge in [0.1, 0.15) is 24.2 Å². The molecule has 0 saturated carbocycles. The van der Waals surface area contributed by atoms with E-state index in [1.807, 2.05) is 0 Å². The van der Waals surface area contributed by atoms with E-state index in [0.717, 1.165) is 6.42 Å². The van der Waals surface area contributed by atoms with Gasteiger partial charge in [0, 0.05) is 12.7 Å². The zero-order chi connectivity index (χ0) is 22.4. The number of rotatable bonds is 22. The Labute approximate surface area is 191 Å². The van der Waals surface area contributed by atoms with Gasteiger partial charge in [-0.1, -0.05) is 109 Å². The lowest BCUT2D eigenvalue weighted by Gasteiger charge is -2.13. The lowest BCUT2D eigenvalue weighted by molar-refractivity contribution is 0.0109. The first-order valence-electron chi connectivity index (χ1n) is 12.9. The third-order valence-electron chi connectivity index (χ3n) is 5.71. The smallest absolute Gasteiger partial charge is 0.123 e. The van der Waals surface area contributed by atoms with Crippen LogP contribution in [0.3, 0.4) is 0 Å². The molecule has 0 amide bonds. The molecule has 4 heteroatoms. The van der Waals surface area contributed by atoms with Crippen molar-refractivity contribution in [3.63, 3.8) is 0 Å². The summed E-state index contributed by atoms with van der Waals surface area (Å²) in [4.78, 5) is 0. The second kappa shape index (κ2) is 20.6.